The zero-order chi connectivity index (χ0) is 20.8. The Morgan fingerprint density at radius 2 is 2.00 bits per heavy atom. The molecule has 5 nitrogen and oxygen atoms in total. The minimum absolute atomic E-state index is 0.0114. The van der Waals surface area contributed by atoms with E-state index in [4.69, 9.17) is 4.74 Å². The summed E-state index contributed by atoms with van der Waals surface area (Å²) in [6, 6.07) is 15.6. The molecule has 1 heterocycles. The number of nitrogens with one attached hydrogen (secondary N) is 1. The van der Waals surface area contributed by atoms with E-state index in [2.05, 4.69) is 24.4 Å². The van der Waals surface area contributed by atoms with E-state index in [9.17, 15) is 9.59 Å². The molecular formula is C24H30N2O3. The summed E-state index contributed by atoms with van der Waals surface area (Å²) in [5.74, 6) is 0.577. The fourth-order valence-electron chi connectivity index (χ4n) is 4.18. The van der Waals surface area contributed by atoms with Crippen LogP contribution in [0.3, 0.4) is 0 Å². The van der Waals surface area contributed by atoms with Crippen LogP contribution >= 0.6 is 0 Å². The first-order valence-corrected chi connectivity index (χ1v) is 10.3. The van der Waals surface area contributed by atoms with Crippen molar-refractivity contribution in [3.63, 3.8) is 0 Å². The number of methoxy groups -OCH3 is 1. The number of hydrogen-bond donors (Lipinski definition) is 1. The number of rotatable bonds is 7. The predicted octanol–water partition coefficient (Wildman–Crippen LogP) is 3.66. The van der Waals surface area contributed by atoms with E-state index in [1.54, 1.807) is 7.11 Å². The van der Waals surface area contributed by atoms with Crippen molar-refractivity contribution in [1.29, 1.82) is 0 Å². The molecule has 0 spiro atoms. The number of piperidine rings is 1. The lowest BCUT2D eigenvalue weighted by atomic mass is 9.83. The molecule has 0 bridgehead atoms. The first kappa shape index (κ1) is 20.9. The topological polar surface area (TPSA) is 58.6 Å². The summed E-state index contributed by atoms with van der Waals surface area (Å²) in [6.45, 7) is 5.21. The highest BCUT2D eigenvalue weighted by molar-refractivity contribution is 5.85. The van der Waals surface area contributed by atoms with E-state index in [1.165, 1.54) is 11.1 Å². The lowest BCUT2D eigenvalue weighted by Gasteiger charge is -2.40. The standard InChI is InChI=1S/C24H30N2O3/c1-4-26-22(27)13-12-21(23(26)19-10-7-11-20(16-19)29-3)24(28)25-15-14-18-9-6-5-8-17(18)2/h5-11,16,21,23H,4,12-15H2,1-3H3,(H,25,28)/t21-,23+/m1/s1. The molecule has 29 heavy (non-hydrogen) atoms. The smallest absolute Gasteiger partial charge is 0.225 e. The first-order chi connectivity index (χ1) is 14.0. The molecule has 1 N–H and O–H groups in total. The Labute approximate surface area is 173 Å². The van der Waals surface area contributed by atoms with Gasteiger partial charge in [0.15, 0.2) is 0 Å². The molecule has 1 fully saturated rings. The molecule has 1 aliphatic rings. The molecule has 2 atom stereocenters. The third kappa shape index (κ3) is 4.78. The Morgan fingerprint density at radius 1 is 1.21 bits per heavy atom. The number of benzene rings is 2. The van der Waals surface area contributed by atoms with Crippen LogP contribution in [0.15, 0.2) is 48.5 Å². The molecule has 3 rings (SSSR count). The second-order valence-electron chi connectivity index (χ2n) is 7.51. The van der Waals surface area contributed by atoms with Crippen LogP contribution < -0.4 is 10.1 Å². The molecule has 2 amide bonds. The van der Waals surface area contributed by atoms with Gasteiger partial charge in [0.2, 0.25) is 11.8 Å². The minimum Gasteiger partial charge on any atom is -0.497 e. The van der Waals surface area contributed by atoms with Gasteiger partial charge in [0.25, 0.3) is 0 Å². The maximum atomic E-state index is 13.1. The van der Waals surface area contributed by atoms with Crippen LogP contribution in [0, 0.1) is 12.8 Å². The van der Waals surface area contributed by atoms with Gasteiger partial charge in [-0.2, -0.15) is 0 Å². The average molecular weight is 395 g/mol. The van der Waals surface area contributed by atoms with Gasteiger partial charge >= 0.3 is 0 Å². The average Bonchev–Trinajstić information content (AvgIpc) is 2.74. The summed E-state index contributed by atoms with van der Waals surface area (Å²) in [5, 5.41) is 3.11. The Balaban J connectivity index is 1.76. The normalized spacial score (nSPS) is 19.1. The predicted molar refractivity (Wildman–Crippen MR) is 114 cm³/mol. The molecule has 0 unspecified atom stereocenters. The number of carbonyl (C=O) groups is 2. The van der Waals surface area contributed by atoms with Gasteiger partial charge in [-0.15, -0.1) is 0 Å². The zero-order valence-corrected chi connectivity index (χ0v) is 17.5. The van der Waals surface area contributed by atoms with Crippen molar-refractivity contribution in [2.75, 3.05) is 20.2 Å². The molecule has 1 aliphatic heterocycles. The number of nitrogens with zero attached hydrogens (tertiary/aromatic N) is 1. The lowest BCUT2D eigenvalue weighted by Crippen LogP contribution is -2.48. The summed E-state index contributed by atoms with van der Waals surface area (Å²) in [4.78, 5) is 27.5. The first-order valence-electron chi connectivity index (χ1n) is 10.3. The summed E-state index contributed by atoms with van der Waals surface area (Å²) in [6.07, 6.45) is 1.77. The molecule has 0 saturated carbocycles. The van der Waals surface area contributed by atoms with Crippen molar-refractivity contribution in [3.8, 4) is 5.75 Å². The lowest BCUT2D eigenvalue weighted by molar-refractivity contribution is -0.143. The second-order valence-corrected chi connectivity index (χ2v) is 7.51. The highest BCUT2D eigenvalue weighted by Gasteiger charge is 2.39. The van der Waals surface area contributed by atoms with E-state index in [0.29, 0.717) is 25.9 Å². The van der Waals surface area contributed by atoms with Crippen molar-refractivity contribution in [1.82, 2.24) is 10.2 Å². The fraction of sp³-hybridized carbons (Fsp3) is 0.417. The molecule has 0 radical (unpaired) electrons. The largest absolute Gasteiger partial charge is 0.497 e. The Kier molecular flexibility index (Phi) is 6.91. The third-order valence-electron chi connectivity index (χ3n) is 5.77. The molecule has 0 aliphatic carbocycles. The van der Waals surface area contributed by atoms with Crippen LogP contribution in [0.25, 0.3) is 0 Å². The molecular weight excluding hydrogens is 364 g/mol. The fourth-order valence-corrected chi connectivity index (χ4v) is 4.18. The Bertz CT molecular complexity index is 865. The molecule has 154 valence electrons. The van der Waals surface area contributed by atoms with Crippen LogP contribution in [0.4, 0.5) is 0 Å². The molecule has 2 aromatic carbocycles. The van der Waals surface area contributed by atoms with Gasteiger partial charge in [-0.05, 0) is 55.5 Å². The summed E-state index contributed by atoms with van der Waals surface area (Å²) >= 11 is 0. The minimum atomic E-state index is -0.269. The number of carbonyl (C=O) groups excluding carboxylic acids is 2. The maximum Gasteiger partial charge on any atom is 0.225 e. The zero-order valence-electron chi connectivity index (χ0n) is 17.5. The third-order valence-corrected chi connectivity index (χ3v) is 5.77. The summed E-state index contributed by atoms with van der Waals surface area (Å²) in [5.41, 5.74) is 3.42. The summed E-state index contributed by atoms with van der Waals surface area (Å²) in [7, 11) is 1.62. The van der Waals surface area contributed by atoms with E-state index < -0.39 is 0 Å². The molecule has 0 aromatic heterocycles. The van der Waals surface area contributed by atoms with Gasteiger partial charge in [0.1, 0.15) is 5.75 Å². The monoisotopic (exact) mass is 394 g/mol. The SMILES string of the molecule is CCN1C(=O)CC[C@@H](C(=O)NCCc2ccccc2C)[C@@H]1c1cccc(OC)c1. The van der Waals surface area contributed by atoms with Crippen molar-refractivity contribution in [2.45, 2.75) is 39.2 Å². The molecule has 1 saturated heterocycles. The molecule has 5 heteroatoms. The maximum absolute atomic E-state index is 13.1. The van der Waals surface area contributed by atoms with Gasteiger partial charge in [-0.3, -0.25) is 9.59 Å². The second kappa shape index (κ2) is 9.59. The van der Waals surface area contributed by atoms with Gasteiger partial charge in [-0.25, -0.2) is 0 Å². The number of hydrogen-bond acceptors (Lipinski definition) is 3. The number of aryl methyl sites for hydroxylation is 1. The van der Waals surface area contributed by atoms with Gasteiger partial charge in [0, 0.05) is 19.5 Å². The van der Waals surface area contributed by atoms with Crippen molar-refractivity contribution >= 4 is 11.8 Å². The van der Waals surface area contributed by atoms with E-state index in [0.717, 1.165) is 17.7 Å². The molecule has 2 aromatic rings. The quantitative estimate of drug-likeness (QED) is 0.780. The van der Waals surface area contributed by atoms with Crippen molar-refractivity contribution < 1.29 is 14.3 Å². The van der Waals surface area contributed by atoms with Gasteiger partial charge in [-0.1, -0.05) is 36.4 Å². The van der Waals surface area contributed by atoms with E-state index in [1.807, 2.05) is 48.2 Å². The van der Waals surface area contributed by atoms with Crippen LogP contribution in [0.2, 0.25) is 0 Å². The van der Waals surface area contributed by atoms with E-state index in [-0.39, 0.29) is 23.8 Å². The Morgan fingerprint density at radius 3 is 2.72 bits per heavy atom. The van der Waals surface area contributed by atoms with Crippen molar-refractivity contribution in [3.05, 3.63) is 65.2 Å². The van der Waals surface area contributed by atoms with Crippen LogP contribution in [-0.2, 0) is 16.0 Å². The number of ether oxygens (including phenoxy) is 1. The van der Waals surface area contributed by atoms with Crippen LogP contribution in [0.1, 0.15) is 42.5 Å². The van der Waals surface area contributed by atoms with Crippen LogP contribution in [-0.4, -0.2) is 36.9 Å². The highest BCUT2D eigenvalue weighted by Crippen LogP contribution is 2.37. The highest BCUT2D eigenvalue weighted by atomic mass is 16.5. The van der Waals surface area contributed by atoms with Crippen LogP contribution in [0.5, 0.6) is 5.75 Å². The Hall–Kier alpha value is -2.82. The van der Waals surface area contributed by atoms with Crippen molar-refractivity contribution in [2.24, 2.45) is 5.92 Å². The van der Waals surface area contributed by atoms with E-state index >= 15 is 0 Å². The van der Waals surface area contributed by atoms with Gasteiger partial charge in [0.05, 0.1) is 19.1 Å². The van der Waals surface area contributed by atoms with Gasteiger partial charge < -0.3 is 15.0 Å². The number of likely N-dealkylation sites (tertiary alicyclic amines) is 1. The summed E-state index contributed by atoms with van der Waals surface area (Å²) < 4.78 is 5.36. The number of amides is 2.